The highest BCUT2D eigenvalue weighted by Gasteiger charge is 2.46. The van der Waals surface area contributed by atoms with E-state index in [0.29, 0.717) is 11.1 Å². The van der Waals surface area contributed by atoms with Crippen molar-refractivity contribution in [3.63, 3.8) is 0 Å². The second-order valence-corrected chi connectivity index (χ2v) is 7.74. The van der Waals surface area contributed by atoms with Gasteiger partial charge in [0.25, 0.3) is 0 Å². The number of rotatable bonds is 7. The molecule has 1 fully saturated rings. The average molecular weight is 504 g/mol. The van der Waals surface area contributed by atoms with Crippen LogP contribution in [0.15, 0.2) is 48.6 Å². The van der Waals surface area contributed by atoms with Gasteiger partial charge in [-0.3, -0.25) is 0 Å². The number of aliphatic hydroxyl groups excluding tert-OH is 3. The third-order valence-corrected chi connectivity index (χ3v) is 5.13. The largest absolute Gasteiger partial charge is 0.504 e. The Labute approximate surface area is 204 Å². The molecule has 1 aliphatic rings. The molecule has 0 spiro atoms. The standard InChI is InChI=1S/C24H24O12/c25-14-5-1-12(9-16(14)27)3-7-19(29)34-11-18-21(31)23(22(32)24(33)35-18)36-20(30)8-4-13-2-6-15(26)17(28)10-13/h1-10,18,21-28,31-33H,11H2. The fraction of sp³-hybridized carbons (Fsp3) is 0.250. The highest BCUT2D eigenvalue weighted by Crippen LogP contribution is 2.27. The zero-order valence-corrected chi connectivity index (χ0v) is 18.5. The maximum absolute atomic E-state index is 12.2. The first-order valence-electron chi connectivity index (χ1n) is 10.5. The molecule has 5 unspecified atom stereocenters. The van der Waals surface area contributed by atoms with Gasteiger partial charge in [-0.1, -0.05) is 12.1 Å². The van der Waals surface area contributed by atoms with E-state index in [9.17, 15) is 45.3 Å². The summed E-state index contributed by atoms with van der Waals surface area (Å²) in [4.78, 5) is 24.2. The molecule has 0 aromatic heterocycles. The molecule has 5 atom stereocenters. The zero-order valence-electron chi connectivity index (χ0n) is 18.5. The molecule has 1 saturated heterocycles. The van der Waals surface area contributed by atoms with Gasteiger partial charge in [0.2, 0.25) is 0 Å². The van der Waals surface area contributed by atoms with Gasteiger partial charge < -0.3 is 50.0 Å². The van der Waals surface area contributed by atoms with E-state index in [1.54, 1.807) is 0 Å². The van der Waals surface area contributed by atoms with Gasteiger partial charge in [-0.25, -0.2) is 9.59 Å². The lowest BCUT2D eigenvalue weighted by Gasteiger charge is -2.39. The third kappa shape index (κ3) is 6.73. The van der Waals surface area contributed by atoms with Crippen LogP contribution in [0.2, 0.25) is 0 Å². The summed E-state index contributed by atoms with van der Waals surface area (Å²) < 4.78 is 15.1. The number of aliphatic hydroxyl groups is 3. The summed E-state index contributed by atoms with van der Waals surface area (Å²) in [5, 5.41) is 68.1. The molecule has 12 nitrogen and oxygen atoms in total. The number of aromatic hydroxyl groups is 4. The van der Waals surface area contributed by atoms with Crippen molar-refractivity contribution in [3.8, 4) is 23.0 Å². The second kappa shape index (κ2) is 11.6. The third-order valence-electron chi connectivity index (χ3n) is 5.13. The van der Waals surface area contributed by atoms with Gasteiger partial charge in [0.05, 0.1) is 0 Å². The normalized spacial score (nSPS) is 24.1. The molecule has 7 N–H and O–H groups in total. The molecule has 1 aliphatic heterocycles. The van der Waals surface area contributed by atoms with Gasteiger partial charge >= 0.3 is 11.9 Å². The summed E-state index contributed by atoms with van der Waals surface area (Å²) >= 11 is 0. The van der Waals surface area contributed by atoms with Crippen molar-refractivity contribution in [2.75, 3.05) is 6.61 Å². The summed E-state index contributed by atoms with van der Waals surface area (Å²) in [6, 6.07) is 7.67. The molecular weight excluding hydrogens is 480 g/mol. The minimum atomic E-state index is -1.86. The highest BCUT2D eigenvalue weighted by molar-refractivity contribution is 5.88. The van der Waals surface area contributed by atoms with E-state index in [0.717, 1.165) is 12.2 Å². The molecule has 192 valence electrons. The fourth-order valence-corrected chi connectivity index (χ4v) is 3.20. The molecule has 0 aliphatic carbocycles. The van der Waals surface area contributed by atoms with Crippen LogP contribution in [-0.4, -0.2) is 85.0 Å². The predicted octanol–water partition coefficient (Wildman–Crippen LogP) is 0.130. The van der Waals surface area contributed by atoms with Crippen LogP contribution in [0.1, 0.15) is 11.1 Å². The zero-order chi connectivity index (χ0) is 26.4. The molecule has 2 aromatic carbocycles. The molecule has 12 heteroatoms. The van der Waals surface area contributed by atoms with E-state index in [4.69, 9.17) is 14.2 Å². The summed E-state index contributed by atoms with van der Waals surface area (Å²) in [6.07, 6.45) is -3.83. The van der Waals surface area contributed by atoms with E-state index in [-0.39, 0.29) is 17.2 Å². The summed E-state index contributed by atoms with van der Waals surface area (Å²) in [6.45, 7) is -0.564. The number of phenolic OH excluding ortho intramolecular Hbond substituents is 4. The first-order valence-corrected chi connectivity index (χ1v) is 10.5. The molecular formula is C24H24O12. The van der Waals surface area contributed by atoms with Crippen LogP contribution in [0.5, 0.6) is 23.0 Å². The first kappa shape index (κ1) is 26.5. The van der Waals surface area contributed by atoms with Crippen LogP contribution in [-0.2, 0) is 23.8 Å². The summed E-state index contributed by atoms with van der Waals surface area (Å²) in [5.74, 6) is -3.34. The number of hydrogen-bond acceptors (Lipinski definition) is 12. The average Bonchev–Trinajstić information content (AvgIpc) is 2.84. The number of ether oxygens (including phenoxy) is 3. The number of benzene rings is 2. The minimum Gasteiger partial charge on any atom is -0.504 e. The van der Waals surface area contributed by atoms with Crippen molar-refractivity contribution in [2.24, 2.45) is 0 Å². The molecule has 1 heterocycles. The Bertz CT molecular complexity index is 1160. The summed E-state index contributed by atoms with van der Waals surface area (Å²) in [7, 11) is 0. The Hall–Kier alpha value is -4.10. The van der Waals surface area contributed by atoms with E-state index >= 15 is 0 Å². The van der Waals surface area contributed by atoms with Gasteiger partial charge in [0, 0.05) is 12.2 Å². The van der Waals surface area contributed by atoms with Gasteiger partial charge in [-0.05, 0) is 47.5 Å². The van der Waals surface area contributed by atoms with Crippen LogP contribution in [0.3, 0.4) is 0 Å². The lowest BCUT2D eigenvalue weighted by molar-refractivity contribution is -0.289. The van der Waals surface area contributed by atoms with Crippen molar-refractivity contribution < 1.29 is 59.5 Å². The maximum Gasteiger partial charge on any atom is 0.331 e. The summed E-state index contributed by atoms with van der Waals surface area (Å²) in [5.41, 5.74) is 0.730. The number of phenols is 4. The Morgan fingerprint density at radius 2 is 1.31 bits per heavy atom. The predicted molar refractivity (Wildman–Crippen MR) is 121 cm³/mol. The van der Waals surface area contributed by atoms with Gasteiger partial charge in [-0.2, -0.15) is 0 Å². The molecule has 2 aromatic rings. The number of carbonyl (C=O) groups excluding carboxylic acids is 2. The molecule has 0 amide bonds. The second-order valence-electron chi connectivity index (χ2n) is 7.74. The fourth-order valence-electron chi connectivity index (χ4n) is 3.20. The molecule has 0 bridgehead atoms. The van der Waals surface area contributed by atoms with Gasteiger partial charge in [0.15, 0.2) is 35.4 Å². The van der Waals surface area contributed by atoms with Crippen LogP contribution in [0.4, 0.5) is 0 Å². The molecule has 0 saturated carbocycles. The van der Waals surface area contributed by atoms with Crippen molar-refractivity contribution in [2.45, 2.75) is 30.7 Å². The SMILES string of the molecule is O=C(C=Cc1ccc(O)c(O)c1)OCC1OC(O)C(O)C(OC(=O)C=Cc2ccc(O)c(O)c2)C1O. The topological polar surface area (TPSA) is 203 Å². The Balaban J connectivity index is 1.58. The van der Waals surface area contributed by atoms with Crippen LogP contribution < -0.4 is 0 Å². The van der Waals surface area contributed by atoms with Gasteiger partial charge in [-0.15, -0.1) is 0 Å². The minimum absolute atomic E-state index is 0.329. The van der Waals surface area contributed by atoms with E-state index in [1.165, 1.54) is 48.6 Å². The van der Waals surface area contributed by atoms with Crippen molar-refractivity contribution in [1.82, 2.24) is 0 Å². The van der Waals surface area contributed by atoms with Crippen molar-refractivity contribution in [1.29, 1.82) is 0 Å². The van der Waals surface area contributed by atoms with E-state index in [1.807, 2.05) is 0 Å². The molecule has 36 heavy (non-hydrogen) atoms. The Morgan fingerprint density at radius 3 is 1.83 bits per heavy atom. The monoisotopic (exact) mass is 504 g/mol. The van der Waals surface area contributed by atoms with Crippen molar-refractivity contribution >= 4 is 24.1 Å². The van der Waals surface area contributed by atoms with Crippen molar-refractivity contribution in [3.05, 3.63) is 59.7 Å². The Morgan fingerprint density at radius 1 is 0.778 bits per heavy atom. The quantitative estimate of drug-likeness (QED) is 0.153. The number of esters is 2. The molecule has 0 radical (unpaired) electrons. The number of carbonyl (C=O) groups is 2. The lowest BCUT2D eigenvalue weighted by atomic mass is 9.99. The highest BCUT2D eigenvalue weighted by atomic mass is 16.7. The lowest BCUT2D eigenvalue weighted by Crippen LogP contribution is -2.60. The van der Waals surface area contributed by atoms with Crippen LogP contribution in [0.25, 0.3) is 12.2 Å². The van der Waals surface area contributed by atoms with Gasteiger partial charge in [0.1, 0.15) is 24.9 Å². The van der Waals surface area contributed by atoms with E-state index < -0.39 is 55.0 Å². The smallest absolute Gasteiger partial charge is 0.331 e. The van der Waals surface area contributed by atoms with E-state index in [2.05, 4.69) is 0 Å². The van der Waals surface area contributed by atoms with Crippen LogP contribution >= 0.6 is 0 Å². The first-order chi connectivity index (χ1) is 17.0. The Kier molecular flexibility index (Phi) is 8.51. The maximum atomic E-state index is 12.2. The van der Waals surface area contributed by atoms with Crippen LogP contribution in [0, 0.1) is 0 Å². The molecule has 3 rings (SSSR count). The number of hydrogen-bond donors (Lipinski definition) is 7.